The van der Waals surface area contributed by atoms with Crippen LogP contribution in [0.3, 0.4) is 0 Å². The second kappa shape index (κ2) is 25.8. The summed E-state index contributed by atoms with van der Waals surface area (Å²) in [4.78, 5) is 59.0. The largest absolute Gasteiger partial charge is 0.480 e. The third-order valence-corrected chi connectivity index (χ3v) is 7.35. The predicted octanol–water partition coefficient (Wildman–Crippen LogP) is -1.21. The van der Waals surface area contributed by atoms with Gasteiger partial charge in [-0.25, -0.2) is 9.59 Å². The first-order chi connectivity index (χ1) is 23.1. The van der Waals surface area contributed by atoms with E-state index < -0.39 is 36.2 Å². The molecule has 18 nitrogen and oxygen atoms in total. The predicted molar refractivity (Wildman–Crippen MR) is 169 cm³/mol. The molecule has 19 heteroatoms. The van der Waals surface area contributed by atoms with Crippen LogP contribution in [-0.4, -0.2) is 175 Å². The van der Waals surface area contributed by atoms with E-state index in [0.29, 0.717) is 37.6 Å². The molecule has 279 valence electrons. The fourth-order valence-corrected chi connectivity index (χ4v) is 4.89. The van der Waals surface area contributed by atoms with E-state index in [1.807, 2.05) is 11.9 Å². The van der Waals surface area contributed by atoms with Gasteiger partial charge in [-0.15, -0.1) is 0 Å². The molecule has 49 heavy (non-hydrogen) atoms. The summed E-state index contributed by atoms with van der Waals surface area (Å²) < 4.78 is 20.1. The molecule has 0 aromatic carbocycles. The number of hydrogen-bond acceptors (Lipinski definition) is 14. The van der Waals surface area contributed by atoms with Gasteiger partial charge in [0.05, 0.1) is 51.0 Å². The van der Waals surface area contributed by atoms with Gasteiger partial charge in [0.1, 0.15) is 25.3 Å². The summed E-state index contributed by atoms with van der Waals surface area (Å²) in [5.41, 5.74) is 1.22. The number of fused-ring (bicyclic) bond motifs is 2. The van der Waals surface area contributed by atoms with Crippen molar-refractivity contribution >= 4 is 24.1 Å². The fraction of sp³-hybridized carbons (Fsp3) is 0.700. The molecule has 1 aromatic rings. The number of rotatable bonds is 20. The number of hydrogen-bond donors (Lipinski definition) is 6. The summed E-state index contributed by atoms with van der Waals surface area (Å²) in [5, 5.41) is 42.8. The van der Waals surface area contributed by atoms with Crippen LogP contribution in [0.2, 0.25) is 0 Å². The first-order valence-electron chi connectivity index (χ1n) is 15.9. The van der Waals surface area contributed by atoms with Crippen molar-refractivity contribution in [2.45, 2.75) is 38.0 Å². The monoisotopic (exact) mass is 741 g/mol. The van der Waals surface area contributed by atoms with Gasteiger partial charge in [0, 0.05) is 69.4 Å². The third kappa shape index (κ3) is 18.4. The van der Waals surface area contributed by atoms with Crippen LogP contribution >= 0.6 is 0 Å². The van der Waals surface area contributed by atoms with Crippen molar-refractivity contribution in [2.24, 2.45) is 0 Å². The molecule has 6 N–H and O–H groups in total. The maximum absolute atomic E-state index is 12.4. The molecule has 2 unspecified atom stereocenters. The van der Waals surface area contributed by atoms with E-state index in [9.17, 15) is 29.4 Å². The smallest absolute Gasteiger partial charge is 0.407 e. The van der Waals surface area contributed by atoms with Crippen LogP contribution in [0.15, 0.2) is 18.2 Å². The number of carboxylic acid groups (broad SMARTS) is 2. The number of carboxylic acids is 2. The Bertz CT molecular complexity index is 1040. The van der Waals surface area contributed by atoms with Gasteiger partial charge in [-0.1, -0.05) is 6.07 Å². The molecule has 1 aliphatic rings. The normalized spacial score (nSPS) is 15.8. The first-order valence-corrected chi connectivity index (χ1v) is 15.9. The SMILES string of the molecule is CN1CCN(C(CCNC(=O)OCCOCCO)C(=O)O)Cc2cccc(n2)CN(C(CCNC(=O)OCCOCCO)C(=O)O)CC1.[Mn]. The van der Waals surface area contributed by atoms with Crippen LogP contribution < -0.4 is 10.6 Å². The average Bonchev–Trinajstić information content (AvgIpc) is 3.05. The fourth-order valence-electron chi connectivity index (χ4n) is 4.89. The Balaban J connectivity index is 0.0000120. The number of alkyl carbamates (subject to hydrolysis) is 2. The van der Waals surface area contributed by atoms with Gasteiger partial charge in [-0.3, -0.25) is 24.4 Å². The minimum Gasteiger partial charge on any atom is -0.480 e. The Morgan fingerprint density at radius 3 is 1.55 bits per heavy atom. The number of carbonyl (C=O) groups is 4. The number of pyridine rings is 1. The van der Waals surface area contributed by atoms with Gasteiger partial charge in [0.2, 0.25) is 0 Å². The maximum atomic E-state index is 12.4. The van der Waals surface area contributed by atoms with Crippen LogP contribution in [-0.2, 0) is 58.7 Å². The van der Waals surface area contributed by atoms with Gasteiger partial charge < -0.3 is 54.9 Å². The minimum absolute atomic E-state index is 0. The summed E-state index contributed by atoms with van der Waals surface area (Å²) in [6.07, 6.45) is -1.17. The van der Waals surface area contributed by atoms with Gasteiger partial charge >= 0.3 is 24.1 Å². The van der Waals surface area contributed by atoms with E-state index in [0.717, 1.165) is 0 Å². The molecule has 1 aromatic heterocycles. The standard InChI is InChI=1S/C30H50N6O12.Mn/c1-34-9-11-35(25(27(39)40)5-7-31-29(43)47-19-17-45-15-13-37)21-23-3-2-4-24(33-23)22-36(12-10-34)26(28(41)42)6-8-32-30(44)48-20-18-46-16-14-38;/h2-4,25-26,37-38H,5-22H2,1H3,(H,31,43)(H,32,44)(H,39,40)(H,41,42);. The second-order valence-electron chi connectivity index (χ2n) is 10.9. The maximum Gasteiger partial charge on any atom is 0.407 e. The van der Waals surface area contributed by atoms with Crippen molar-refractivity contribution in [1.82, 2.24) is 30.3 Å². The molecule has 2 bridgehead atoms. The van der Waals surface area contributed by atoms with E-state index in [1.165, 1.54) is 0 Å². The van der Waals surface area contributed by atoms with Crippen molar-refractivity contribution in [2.75, 3.05) is 99.2 Å². The minimum atomic E-state index is -1.04. The Morgan fingerprint density at radius 2 is 1.16 bits per heavy atom. The summed E-state index contributed by atoms with van der Waals surface area (Å²) in [6.45, 7) is 2.49. The molecule has 0 saturated carbocycles. The summed E-state index contributed by atoms with van der Waals surface area (Å²) >= 11 is 0. The zero-order chi connectivity index (χ0) is 35.1. The quantitative estimate of drug-likeness (QED) is 0.0680. The van der Waals surface area contributed by atoms with Crippen molar-refractivity contribution in [3.05, 3.63) is 29.6 Å². The van der Waals surface area contributed by atoms with E-state index in [1.54, 1.807) is 28.0 Å². The Morgan fingerprint density at radius 1 is 0.735 bits per heavy atom. The number of aromatic nitrogens is 1. The molecule has 1 radical (unpaired) electrons. The molecular formula is C30H50MnN6O12. The summed E-state index contributed by atoms with van der Waals surface area (Å²) in [7, 11) is 1.87. The number of nitrogens with one attached hydrogen (secondary N) is 2. The number of aliphatic carboxylic acids is 2. The van der Waals surface area contributed by atoms with E-state index in [2.05, 4.69) is 10.6 Å². The Kier molecular flexibility index (Phi) is 23.1. The zero-order valence-corrected chi connectivity index (χ0v) is 29.0. The molecule has 1 aliphatic heterocycles. The number of carbonyl (C=O) groups excluding carboxylic acids is 2. The molecule has 0 fully saturated rings. The van der Waals surface area contributed by atoms with Crippen LogP contribution in [0.1, 0.15) is 24.2 Å². The number of ether oxygens (including phenoxy) is 4. The molecule has 2 rings (SSSR count). The van der Waals surface area contributed by atoms with Crippen molar-refractivity contribution < 1.29 is 75.6 Å². The number of aliphatic hydroxyl groups is 2. The average molecular weight is 742 g/mol. The molecule has 2 atom stereocenters. The van der Waals surface area contributed by atoms with Crippen molar-refractivity contribution in [3.8, 4) is 0 Å². The van der Waals surface area contributed by atoms with Gasteiger partial charge in [-0.05, 0) is 32.0 Å². The van der Waals surface area contributed by atoms with Crippen molar-refractivity contribution in [3.63, 3.8) is 0 Å². The van der Waals surface area contributed by atoms with Crippen LogP contribution in [0.4, 0.5) is 9.59 Å². The number of amides is 2. The molecule has 2 heterocycles. The number of nitrogens with zero attached hydrogens (tertiary/aromatic N) is 4. The van der Waals surface area contributed by atoms with Gasteiger partial charge in [0.15, 0.2) is 0 Å². The van der Waals surface area contributed by atoms with Crippen molar-refractivity contribution in [1.29, 1.82) is 0 Å². The molecule has 0 saturated heterocycles. The second-order valence-corrected chi connectivity index (χ2v) is 10.9. The Labute approximate surface area is 296 Å². The number of aliphatic hydroxyl groups excluding tert-OH is 2. The topological polar surface area (TPSA) is 233 Å². The molecular weight excluding hydrogens is 691 g/mol. The number of likely N-dealkylation sites (N-methyl/N-ethyl adjacent to an activating group) is 1. The third-order valence-electron chi connectivity index (χ3n) is 7.35. The summed E-state index contributed by atoms with van der Waals surface area (Å²) in [6, 6.07) is 3.49. The van der Waals surface area contributed by atoms with E-state index in [-0.39, 0.29) is 109 Å². The Hall–Kier alpha value is -3.13. The molecule has 0 aliphatic carbocycles. The van der Waals surface area contributed by atoms with E-state index in [4.69, 9.17) is 34.1 Å². The first kappa shape index (κ1) is 43.9. The van der Waals surface area contributed by atoms with Gasteiger partial charge in [-0.2, -0.15) is 0 Å². The van der Waals surface area contributed by atoms with E-state index >= 15 is 0 Å². The van der Waals surface area contributed by atoms with Crippen LogP contribution in [0.5, 0.6) is 0 Å². The zero-order valence-electron chi connectivity index (χ0n) is 27.8. The van der Waals surface area contributed by atoms with Crippen LogP contribution in [0, 0.1) is 0 Å². The summed E-state index contributed by atoms with van der Waals surface area (Å²) in [5.74, 6) is -2.09. The molecule has 0 spiro atoms. The van der Waals surface area contributed by atoms with Crippen LogP contribution in [0.25, 0.3) is 0 Å². The van der Waals surface area contributed by atoms with Gasteiger partial charge in [0.25, 0.3) is 0 Å². The molecule has 2 amide bonds.